The lowest BCUT2D eigenvalue weighted by Gasteiger charge is -2.15. The van der Waals surface area contributed by atoms with Gasteiger partial charge in [-0.1, -0.05) is 19.8 Å². The van der Waals surface area contributed by atoms with Crippen molar-refractivity contribution in [3.63, 3.8) is 0 Å². The minimum absolute atomic E-state index is 0.0144. The largest absolute Gasteiger partial charge is 0.508 e. The molecule has 0 bridgehead atoms. The quantitative estimate of drug-likeness (QED) is 0.689. The van der Waals surface area contributed by atoms with Gasteiger partial charge in [-0.05, 0) is 31.0 Å². The van der Waals surface area contributed by atoms with Crippen LogP contribution in [0.25, 0.3) is 0 Å². The van der Waals surface area contributed by atoms with Crippen LogP contribution >= 0.6 is 0 Å². The lowest BCUT2D eigenvalue weighted by molar-refractivity contribution is -0.139. The van der Waals surface area contributed by atoms with Gasteiger partial charge in [0.2, 0.25) is 0 Å². The van der Waals surface area contributed by atoms with E-state index in [-0.39, 0.29) is 17.1 Å². The topological polar surface area (TPSA) is 77.8 Å². The Kier molecular flexibility index (Phi) is 4.37. The molecular formula is C13H18O4. The van der Waals surface area contributed by atoms with E-state index in [9.17, 15) is 15.0 Å². The molecule has 4 nitrogen and oxygen atoms in total. The van der Waals surface area contributed by atoms with Crippen LogP contribution in [0.4, 0.5) is 0 Å². The smallest absolute Gasteiger partial charge is 0.311 e. The second-order valence-corrected chi connectivity index (χ2v) is 4.23. The van der Waals surface area contributed by atoms with Crippen LogP contribution in [0.5, 0.6) is 11.5 Å². The number of carboxylic acids is 1. The average molecular weight is 238 g/mol. The molecule has 94 valence electrons. The van der Waals surface area contributed by atoms with E-state index in [2.05, 4.69) is 0 Å². The molecule has 17 heavy (non-hydrogen) atoms. The van der Waals surface area contributed by atoms with E-state index < -0.39 is 11.9 Å². The van der Waals surface area contributed by atoms with Crippen LogP contribution in [-0.2, 0) is 4.79 Å². The van der Waals surface area contributed by atoms with Gasteiger partial charge in [0.15, 0.2) is 0 Å². The molecule has 1 aromatic carbocycles. The molecule has 0 aliphatic heterocycles. The number of benzene rings is 1. The molecule has 0 radical (unpaired) electrons. The molecule has 0 fully saturated rings. The Hall–Kier alpha value is -1.71. The highest BCUT2D eigenvalue weighted by Gasteiger charge is 2.23. The molecule has 0 aliphatic carbocycles. The number of aliphatic carboxylic acids is 1. The van der Waals surface area contributed by atoms with Gasteiger partial charge in [0, 0.05) is 5.56 Å². The summed E-state index contributed by atoms with van der Waals surface area (Å²) in [6, 6.07) is 2.74. The van der Waals surface area contributed by atoms with Crippen LogP contribution in [0, 0.1) is 6.92 Å². The highest BCUT2D eigenvalue weighted by atomic mass is 16.4. The summed E-state index contributed by atoms with van der Waals surface area (Å²) in [7, 11) is 0. The van der Waals surface area contributed by atoms with Crippen LogP contribution in [0.15, 0.2) is 12.1 Å². The maximum absolute atomic E-state index is 11.2. The van der Waals surface area contributed by atoms with Crippen LogP contribution in [0.3, 0.4) is 0 Å². The van der Waals surface area contributed by atoms with Gasteiger partial charge in [-0.15, -0.1) is 0 Å². The molecule has 0 saturated carbocycles. The molecule has 0 heterocycles. The number of aromatic hydroxyl groups is 2. The standard InChI is InChI=1S/C13H18O4/c1-3-4-5-9(13(16)17)10-7-11(14)8(2)6-12(10)15/h6-7,9,14-15H,3-5H2,1-2H3,(H,16,17). The molecule has 3 N–H and O–H groups in total. The lowest BCUT2D eigenvalue weighted by Crippen LogP contribution is -2.12. The fraction of sp³-hybridized carbons (Fsp3) is 0.462. The Balaban J connectivity index is 3.09. The normalized spacial score (nSPS) is 12.4. The first-order chi connectivity index (χ1) is 7.97. The van der Waals surface area contributed by atoms with Gasteiger partial charge in [-0.3, -0.25) is 4.79 Å². The summed E-state index contributed by atoms with van der Waals surface area (Å²) < 4.78 is 0. The molecule has 0 aliphatic rings. The first-order valence-corrected chi connectivity index (χ1v) is 5.72. The van der Waals surface area contributed by atoms with E-state index in [1.54, 1.807) is 6.92 Å². The van der Waals surface area contributed by atoms with Crippen molar-refractivity contribution in [3.8, 4) is 11.5 Å². The van der Waals surface area contributed by atoms with Gasteiger partial charge in [0.05, 0.1) is 5.92 Å². The van der Waals surface area contributed by atoms with Gasteiger partial charge >= 0.3 is 5.97 Å². The second-order valence-electron chi connectivity index (χ2n) is 4.23. The third-order valence-corrected chi connectivity index (χ3v) is 2.87. The summed E-state index contributed by atoms with van der Waals surface area (Å²) in [5, 5.41) is 28.5. The number of rotatable bonds is 5. The fourth-order valence-corrected chi connectivity index (χ4v) is 1.80. The van der Waals surface area contributed by atoms with Gasteiger partial charge in [0.25, 0.3) is 0 Å². The Morgan fingerprint density at radius 2 is 1.94 bits per heavy atom. The number of phenolic OH excluding ortho intramolecular Hbond substituents is 2. The highest BCUT2D eigenvalue weighted by molar-refractivity contribution is 5.77. The number of unbranched alkanes of at least 4 members (excludes halogenated alkanes) is 1. The van der Waals surface area contributed by atoms with Crippen LogP contribution in [0.1, 0.15) is 43.2 Å². The number of carboxylic acid groups (broad SMARTS) is 1. The summed E-state index contributed by atoms with van der Waals surface area (Å²) in [5.74, 6) is -1.79. The molecule has 0 spiro atoms. The molecule has 0 amide bonds. The van der Waals surface area contributed by atoms with Crippen molar-refractivity contribution in [2.45, 2.75) is 39.0 Å². The lowest BCUT2D eigenvalue weighted by atomic mass is 9.92. The minimum atomic E-state index is -0.975. The van der Waals surface area contributed by atoms with Crippen molar-refractivity contribution in [1.29, 1.82) is 0 Å². The first-order valence-electron chi connectivity index (χ1n) is 5.72. The fourth-order valence-electron chi connectivity index (χ4n) is 1.80. The molecule has 4 heteroatoms. The third-order valence-electron chi connectivity index (χ3n) is 2.87. The molecule has 1 atom stereocenters. The number of aryl methyl sites for hydroxylation is 1. The third kappa shape index (κ3) is 3.12. The van der Waals surface area contributed by atoms with Crippen LogP contribution in [-0.4, -0.2) is 21.3 Å². The second kappa shape index (κ2) is 5.57. The van der Waals surface area contributed by atoms with Crippen molar-refractivity contribution in [3.05, 3.63) is 23.3 Å². The first kappa shape index (κ1) is 13.4. The Morgan fingerprint density at radius 1 is 1.29 bits per heavy atom. The van der Waals surface area contributed by atoms with Gasteiger partial charge in [0.1, 0.15) is 11.5 Å². The van der Waals surface area contributed by atoms with E-state index in [1.807, 2.05) is 6.92 Å². The summed E-state index contributed by atoms with van der Waals surface area (Å²) in [4.78, 5) is 11.2. The van der Waals surface area contributed by atoms with Crippen molar-refractivity contribution < 1.29 is 20.1 Å². The van der Waals surface area contributed by atoms with E-state index in [0.717, 1.165) is 12.8 Å². The van der Waals surface area contributed by atoms with Crippen LogP contribution in [0.2, 0.25) is 0 Å². The van der Waals surface area contributed by atoms with Gasteiger partial charge in [-0.25, -0.2) is 0 Å². The van der Waals surface area contributed by atoms with Gasteiger partial charge in [-0.2, -0.15) is 0 Å². The summed E-state index contributed by atoms with van der Waals surface area (Å²) >= 11 is 0. The zero-order valence-corrected chi connectivity index (χ0v) is 10.1. The molecular weight excluding hydrogens is 220 g/mol. The predicted molar refractivity (Wildman–Crippen MR) is 64.4 cm³/mol. The predicted octanol–water partition coefficient (Wildman–Crippen LogP) is 2.76. The van der Waals surface area contributed by atoms with E-state index in [4.69, 9.17) is 5.11 Å². The molecule has 0 aromatic heterocycles. The molecule has 1 rings (SSSR count). The number of hydrogen-bond acceptors (Lipinski definition) is 3. The number of carbonyl (C=O) groups is 1. The summed E-state index contributed by atoms with van der Waals surface area (Å²) in [5.41, 5.74) is 0.819. The molecule has 0 saturated heterocycles. The number of phenols is 2. The maximum Gasteiger partial charge on any atom is 0.311 e. The van der Waals surface area contributed by atoms with E-state index in [1.165, 1.54) is 12.1 Å². The summed E-state index contributed by atoms with van der Waals surface area (Å²) in [6.07, 6.45) is 2.12. The minimum Gasteiger partial charge on any atom is -0.508 e. The molecule has 1 unspecified atom stereocenters. The van der Waals surface area contributed by atoms with Crippen molar-refractivity contribution in [2.24, 2.45) is 0 Å². The Bertz CT molecular complexity index is 412. The summed E-state index contributed by atoms with van der Waals surface area (Å²) in [6.45, 7) is 3.63. The van der Waals surface area contributed by atoms with Crippen molar-refractivity contribution in [2.75, 3.05) is 0 Å². The Morgan fingerprint density at radius 3 is 2.47 bits per heavy atom. The SMILES string of the molecule is CCCCC(C(=O)O)c1cc(O)c(C)cc1O. The van der Waals surface area contributed by atoms with Crippen molar-refractivity contribution >= 4 is 5.97 Å². The van der Waals surface area contributed by atoms with E-state index >= 15 is 0 Å². The molecule has 1 aromatic rings. The highest BCUT2D eigenvalue weighted by Crippen LogP contribution is 2.34. The monoisotopic (exact) mass is 238 g/mol. The zero-order valence-electron chi connectivity index (χ0n) is 10.1. The van der Waals surface area contributed by atoms with Crippen LogP contribution < -0.4 is 0 Å². The van der Waals surface area contributed by atoms with Gasteiger partial charge < -0.3 is 15.3 Å². The Labute approximate surface area is 101 Å². The zero-order chi connectivity index (χ0) is 13.0. The van der Waals surface area contributed by atoms with E-state index in [0.29, 0.717) is 12.0 Å². The maximum atomic E-state index is 11.2. The number of hydrogen-bond donors (Lipinski definition) is 3. The van der Waals surface area contributed by atoms with Crippen molar-refractivity contribution in [1.82, 2.24) is 0 Å². The average Bonchev–Trinajstić information content (AvgIpc) is 2.25.